The zero-order valence-electron chi connectivity index (χ0n) is 22.3. The molecule has 0 unspecified atom stereocenters. The minimum absolute atomic E-state index is 0.0562. The van der Waals surface area contributed by atoms with E-state index in [9.17, 15) is 34.7 Å². The van der Waals surface area contributed by atoms with Crippen LogP contribution in [0.1, 0.15) is 89.5 Å². The first-order valence-corrected chi connectivity index (χ1v) is 13.4. The number of hydrogen-bond donors (Lipinski definition) is 3. The number of nitrogens with zero attached hydrogens (tertiary/aromatic N) is 1. The molecule has 3 N–H and O–H groups in total. The minimum Gasteiger partial charge on any atom is -0.479 e. The fraction of sp³-hybridized carbons (Fsp3) is 0.552. The Hall–Kier alpha value is -3.07. The lowest BCUT2D eigenvalue weighted by Crippen LogP contribution is -2.49. The van der Waals surface area contributed by atoms with Crippen LogP contribution in [-0.4, -0.2) is 38.4 Å². The molecule has 0 saturated heterocycles. The first-order chi connectivity index (χ1) is 18.1. The van der Waals surface area contributed by atoms with E-state index in [2.05, 4.69) is 12.2 Å². The molecule has 0 aromatic heterocycles. The highest BCUT2D eigenvalue weighted by Crippen LogP contribution is 2.21. The first-order valence-electron chi connectivity index (χ1n) is 13.4. The lowest BCUT2D eigenvalue weighted by molar-refractivity contribution is -0.384. The van der Waals surface area contributed by atoms with E-state index < -0.39 is 28.3 Å². The molecule has 1 rings (SSSR count). The molecule has 0 aliphatic heterocycles. The zero-order chi connectivity index (χ0) is 28.4. The molecular weight excluding hydrogens is 488 g/mol. The highest BCUT2D eigenvalue weighted by atomic mass is 16.6. The SMILES string of the molecule is [CH][C@@](O)(C(=O)O)[C@H](/C=C/CCCCCCC(=O)CCCCCCC)C(=O)N[CH]Cc1ccc([N+](=O)[O-])cc1. The second-order valence-electron chi connectivity index (χ2n) is 9.53. The third kappa shape index (κ3) is 12.9. The number of Topliss-reactive ketones (excluding diaryl/α,β-unsaturated/α-hetero) is 1. The number of benzene rings is 1. The van der Waals surface area contributed by atoms with Crippen molar-refractivity contribution in [3.05, 3.63) is 65.6 Å². The summed E-state index contributed by atoms with van der Waals surface area (Å²) in [5, 5.41) is 32.7. The summed E-state index contributed by atoms with van der Waals surface area (Å²) in [7, 11) is 0. The molecule has 209 valence electrons. The second-order valence-corrected chi connectivity index (χ2v) is 9.53. The van der Waals surface area contributed by atoms with Crippen LogP contribution < -0.4 is 5.32 Å². The number of ketones is 1. The van der Waals surface area contributed by atoms with Gasteiger partial charge in [0.05, 0.1) is 17.4 Å². The summed E-state index contributed by atoms with van der Waals surface area (Å²) in [5.74, 6) is -3.73. The Morgan fingerprint density at radius 3 is 2.16 bits per heavy atom. The number of hydrogen-bond acceptors (Lipinski definition) is 6. The molecule has 0 aliphatic carbocycles. The van der Waals surface area contributed by atoms with Crippen LogP contribution in [0, 0.1) is 29.5 Å². The zero-order valence-corrected chi connectivity index (χ0v) is 22.3. The number of aliphatic hydroxyl groups is 1. The minimum atomic E-state index is -2.79. The van der Waals surface area contributed by atoms with Crippen LogP contribution in [0.2, 0.25) is 0 Å². The van der Waals surface area contributed by atoms with E-state index in [-0.39, 0.29) is 12.1 Å². The molecule has 0 saturated carbocycles. The Kier molecular flexibility index (Phi) is 15.8. The van der Waals surface area contributed by atoms with Gasteiger partial charge in [-0.25, -0.2) is 4.79 Å². The van der Waals surface area contributed by atoms with Crippen molar-refractivity contribution in [3.63, 3.8) is 0 Å². The van der Waals surface area contributed by atoms with E-state index in [1.165, 1.54) is 44.0 Å². The topological polar surface area (TPSA) is 147 Å². The van der Waals surface area contributed by atoms with Gasteiger partial charge in [0, 0.05) is 31.9 Å². The van der Waals surface area contributed by atoms with Crippen LogP contribution in [-0.2, 0) is 20.8 Å². The molecule has 0 spiro atoms. The standard InChI is InChI=1S/C29H41N2O7/c1-3-4-5-8-11-14-25(32)15-12-9-6-7-10-13-16-26(29(2,36)28(34)35)27(33)30-22-21-23-17-19-24(20-18-23)31(37)38/h2,13,16-20,22,26,36H,3-12,14-15,21H2,1H3,(H,30,33)(H,34,35)/b16-13+/t26-,29+/m1/s1. The summed E-state index contributed by atoms with van der Waals surface area (Å²) in [4.78, 5) is 46.2. The van der Waals surface area contributed by atoms with Crippen molar-refractivity contribution < 1.29 is 29.5 Å². The summed E-state index contributed by atoms with van der Waals surface area (Å²) >= 11 is 0. The van der Waals surface area contributed by atoms with Crippen LogP contribution in [0.25, 0.3) is 0 Å². The van der Waals surface area contributed by atoms with Crippen molar-refractivity contribution in [1.82, 2.24) is 5.32 Å². The number of nitro groups is 1. The molecule has 0 fully saturated rings. The van der Waals surface area contributed by atoms with Gasteiger partial charge < -0.3 is 15.5 Å². The van der Waals surface area contributed by atoms with Crippen LogP contribution in [0.15, 0.2) is 36.4 Å². The molecule has 3 radical (unpaired) electrons. The third-order valence-corrected chi connectivity index (χ3v) is 6.29. The molecular formula is C29H41N2O7. The van der Waals surface area contributed by atoms with Crippen LogP contribution in [0.3, 0.4) is 0 Å². The number of allylic oxidation sites excluding steroid dienone is 1. The van der Waals surface area contributed by atoms with Crippen LogP contribution in [0.4, 0.5) is 5.69 Å². The van der Waals surface area contributed by atoms with Gasteiger partial charge in [-0.3, -0.25) is 19.7 Å². The second kappa shape index (κ2) is 18.2. The largest absolute Gasteiger partial charge is 0.479 e. The molecule has 1 aromatic rings. The highest BCUT2D eigenvalue weighted by molar-refractivity contribution is 5.91. The number of unbranched alkanes of at least 4 members (excludes halogenated alkanes) is 8. The molecule has 0 aliphatic rings. The average Bonchev–Trinajstić information content (AvgIpc) is 2.87. The maximum atomic E-state index is 12.6. The molecule has 9 nitrogen and oxygen atoms in total. The van der Waals surface area contributed by atoms with Gasteiger partial charge in [-0.2, -0.15) is 0 Å². The van der Waals surface area contributed by atoms with Crippen molar-refractivity contribution in [3.8, 4) is 0 Å². The van der Waals surface area contributed by atoms with Crippen molar-refractivity contribution in [2.75, 3.05) is 0 Å². The Morgan fingerprint density at radius 2 is 1.61 bits per heavy atom. The Morgan fingerprint density at radius 1 is 1.03 bits per heavy atom. The fourth-order valence-electron chi connectivity index (χ4n) is 3.90. The smallest absolute Gasteiger partial charge is 0.337 e. The van der Waals surface area contributed by atoms with Gasteiger partial charge in [0.25, 0.3) is 5.69 Å². The summed E-state index contributed by atoms with van der Waals surface area (Å²) in [6, 6.07) is 5.76. The van der Waals surface area contributed by atoms with E-state index >= 15 is 0 Å². The van der Waals surface area contributed by atoms with E-state index in [1.807, 2.05) is 0 Å². The molecule has 1 amide bonds. The third-order valence-electron chi connectivity index (χ3n) is 6.29. The van der Waals surface area contributed by atoms with Gasteiger partial charge in [-0.15, -0.1) is 0 Å². The maximum absolute atomic E-state index is 12.6. The van der Waals surface area contributed by atoms with E-state index in [0.717, 1.165) is 38.5 Å². The number of aliphatic carboxylic acids is 1. The van der Waals surface area contributed by atoms with E-state index in [1.54, 1.807) is 18.2 Å². The number of carbonyl (C=O) groups excluding carboxylic acids is 2. The number of carbonyl (C=O) groups is 3. The van der Waals surface area contributed by atoms with Gasteiger partial charge >= 0.3 is 5.97 Å². The summed E-state index contributed by atoms with van der Waals surface area (Å²) < 4.78 is 0. The fourth-order valence-corrected chi connectivity index (χ4v) is 3.90. The van der Waals surface area contributed by atoms with Gasteiger partial charge in [-0.05, 0) is 37.7 Å². The number of nitrogens with one attached hydrogen (secondary N) is 1. The Bertz CT molecular complexity index is 910. The van der Waals surface area contributed by atoms with Crippen LogP contribution in [0.5, 0.6) is 0 Å². The number of amides is 1. The van der Waals surface area contributed by atoms with E-state index in [4.69, 9.17) is 6.92 Å². The maximum Gasteiger partial charge on any atom is 0.337 e. The molecule has 38 heavy (non-hydrogen) atoms. The number of carboxylic acid groups (broad SMARTS) is 1. The van der Waals surface area contributed by atoms with Gasteiger partial charge in [-0.1, -0.05) is 69.7 Å². The lowest BCUT2D eigenvalue weighted by atomic mass is 9.87. The summed E-state index contributed by atoms with van der Waals surface area (Å²) in [6.07, 6.45) is 14.1. The molecule has 9 heteroatoms. The average molecular weight is 530 g/mol. The normalized spacial score (nSPS) is 13.7. The van der Waals surface area contributed by atoms with Crippen molar-refractivity contribution >= 4 is 23.3 Å². The Labute approximate surface area is 225 Å². The van der Waals surface area contributed by atoms with Gasteiger partial charge in [0.15, 0.2) is 5.60 Å². The number of rotatable bonds is 21. The monoisotopic (exact) mass is 529 g/mol. The number of carboxylic acids is 1. The molecule has 1 aromatic carbocycles. The van der Waals surface area contributed by atoms with E-state index in [0.29, 0.717) is 30.6 Å². The number of nitro benzene ring substituents is 1. The first kappa shape index (κ1) is 33.0. The lowest BCUT2D eigenvalue weighted by Gasteiger charge is -2.25. The Balaban J connectivity index is 2.41. The summed E-state index contributed by atoms with van der Waals surface area (Å²) in [6.45, 7) is 9.07. The molecule has 0 bridgehead atoms. The van der Waals surface area contributed by atoms with Crippen LogP contribution >= 0.6 is 0 Å². The molecule has 0 heterocycles. The predicted octanol–water partition coefficient (Wildman–Crippen LogP) is 5.38. The highest BCUT2D eigenvalue weighted by Gasteiger charge is 2.42. The van der Waals surface area contributed by atoms with Gasteiger partial charge in [0.2, 0.25) is 5.91 Å². The number of non-ortho nitro benzene ring substituents is 1. The summed E-state index contributed by atoms with van der Waals surface area (Å²) in [5.41, 5.74) is -2.16. The molecule has 2 atom stereocenters. The van der Waals surface area contributed by atoms with Crippen molar-refractivity contribution in [1.29, 1.82) is 0 Å². The quantitative estimate of drug-likeness (QED) is 0.0837. The van der Waals surface area contributed by atoms with Crippen molar-refractivity contribution in [2.45, 2.75) is 96.0 Å². The predicted molar refractivity (Wildman–Crippen MR) is 145 cm³/mol. The van der Waals surface area contributed by atoms with Crippen molar-refractivity contribution in [2.24, 2.45) is 5.92 Å². The van der Waals surface area contributed by atoms with Gasteiger partial charge in [0.1, 0.15) is 5.78 Å².